The summed E-state index contributed by atoms with van der Waals surface area (Å²) in [5.74, 6) is -0.333. The second kappa shape index (κ2) is 3.92. The molecule has 0 unspecified atom stereocenters. The Morgan fingerprint density at radius 3 is 2.94 bits per heavy atom. The van der Waals surface area contributed by atoms with Crippen LogP contribution in [0, 0.1) is 13.8 Å². The molecule has 2 aromatic rings. The van der Waals surface area contributed by atoms with Crippen LogP contribution in [0.3, 0.4) is 0 Å². The zero-order chi connectivity index (χ0) is 11.7. The highest BCUT2D eigenvalue weighted by atomic mass is 16.5. The molecule has 5 heteroatoms. The number of rotatable bonds is 2. The van der Waals surface area contributed by atoms with Crippen LogP contribution in [0.5, 0.6) is 0 Å². The highest BCUT2D eigenvalue weighted by Crippen LogP contribution is 2.15. The van der Waals surface area contributed by atoms with Gasteiger partial charge in [-0.15, -0.1) is 0 Å². The molecule has 16 heavy (non-hydrogen) atoms. The second-order valence-corrected chi connectivity index (χ2v) is 3.50. The number of aromatic nitrogens is 3. The summed E-state index contributed by atoms with van der Waals surface area (Å²) in [5.41, 5.74) is 2.73. The first kappa shape index (κ1) is 10.6. The van der Waals surface area contributed by atoms with E-state index in [4.69, 9.17) is 4.74 Å². The molecule has 84 valence electrons. The number of hydrogen-bond donors (Lipinski definition) is 0. The molecule has 0 spiro atoms. The number of carbonyl (C=O) groups excluding carboxylic acids is 1. The fourth-order valence-electron chi connectivity index (χ4n) is 1.74. The van der Waals surface area contributed by atoms with Gasteiger partial charge in [0.25, 0.3) is 0 Å². The van der Waals surface area contributed by atoms with E-state index in [9.17, 15) is 4.79 Å². The van der Waals surface area contributed by atoms with Gasteiger partial charge in [-0.2, -0.15) is 0 Å². The van der Waals surface area contributed by atoms with E-state index in [1.807, 2.05) is 6.92 Å². The van der Waals surface area contributed by atoms with E-state index >= 15 is 0 Å². The van der Waals surface area contributed by atoms with Crippen LogP contribution in [-0.2, 0) is 4.74 Å². The van der Waals surface area contributed by atoms with Crippen LogP contribution in [0.1, 0.15) is 28.7 Å². The molecule has 0 aliphatic carbocycles. The number of aryl methyl sites for hydroxylation is 2. The molecule has 0 radical (unpaired) electrons. The van der Waals surface area contributed by atoms with Gasteiger partial charge < -0.3 is 4.74 Å². The SMILES string of the molecule is CCOC(=O)c1c(C)nc2cncn2c1C. The van der Waals surface area contributed by atoms with Gasteiger partial charge in [-0.25, -0.2) is 14.8 Å². The van der Waals surface area contributed by atoms with E-state index in [1.54, 1.807) is 30.8 Å². The summed E-state index contributed by atoms with van der Waals surface area (Å²) in [6.07, 6.45) is 3.30. The van der Waals surface area contributed by atoms with Gasteiger partial charge in [0.2, 0.25) is 0 Å². The van der Waals surface area contributed by atoms with Crippen molar-refractivity contribution < 1.29 is 9.53 Å². The van der Waals surface area contributed by atoms with Gasteiger partial charge in [0, 0.05) is 5.69 Å². The second-order valence-electron chi connectivity index (χ2n) is 3.50. The molecule has 0 aliphatic heterocycles. The summed E-state index contributed by atoms with van der Waals surface area (Å²) >= 11 is 0. The van der Waals surface area contributed by atoms with Crippen molar-refractivity contribution in [3.63, 3.8) is 0 Å². The maximum Gasteiger partial charge on any atom is 0.341 e. The molecule has 2 rings (SSSR count). The molecule has 0 aromatic carbocycles. The first-order valence-corrected chi connectivity index (χ1v) is 5.11. The first-order valence-electron chi connectivity index (χ1n) is 5.11. The lowest BCUT2D eigenvalue weighted by molar-refractivity contribution is 0.0523. The highest BCUT2D eigenvalue weighted by molar-refractivity contribution is 5.92. The molecular weight excluding hydrogens is 206 g/mol. The molecule has 2 heterocycles. The maximum absolute atomic E-state index is 11.8. The number of esters is 1. The zero-order valence-corrected chi connectivity index (χ0v) is 9.52. The Bertz CT molecular complexity index is 545. The number of nitrogens with zero attached hydrogens (tertiary/aromatic N) is 3. The molecule has 2 aromatic heterocycles. The number of carbonyl (C=O) groups is 1. The summed E-state index contributed by atoms with van der Waals surface area (Å²) in [6, 6.07) is 0. The minimum atomic E-state index is -0.333. The molecule has 0 saturated carbocycles. The van der Waals surface area contributed by atoms with E-state index in [2.05, 4.69) is 9.97 Å². The minimum Gasteiger partial charge on any atom is -0.462 e. The van der Waals surface area contributed by atoms with Gasteiger partial charge in [-0.3, -0.25) is 4.40 Å². The van der Waals surface area contributed by atoms with Gasteiger partial charge in [-0.05, 0) is 20.8 Å². The molecule has 0 fully saturated rings. The average Bonchev–Trinajstić information content (AvgIpc) is 2.66. The third-order valence-electron chi connectivity index (χ3n) is 2.47. The van der Waals surface area contributed by atoms with Crippen LogP contribution in [0.25, 0.3) is 5.65 Å². The van der Waals surface area contributed by atoms with Gasteiger partial charge in [-0.1, -0.05) is 0 Å². The largest absolute Gasteiger partial charge is 0.462 e. The van der Waals surface area contributed by atoms with E-state index in [0.717, 1.165) is 11.3 Å². The molecule has 0 atom stereocenters. The number of ether oxygens (including phenoxy) is 1. The Hall–Kier alpha value is -1.91. The Kier molecular flexibility index (Phi) is 2.60. The Morgan fingerprint density at radius 1 is 1.50 bits per heavy atom. The molecule has 0 amide bonds. The van der Waals surface area contributed by atoms with Crippen molar-refractivity contribution >= 4 is 11.6 Å². The monoisotopic (exact) mass is 219 g/mol. The van der Waals surface area contributed by atoms with E-state index in [0.29, 0.717) is 17.9 Å². The van der Waals surface area contributed by atoms with Crippen molar-refractivity contribution in [3.05, 3.63) is 29.5 Å². The fraction of sp³-hybridized carbons (Fsp3) is 0.364. The summed E-state index contributed by atoms with van der Waals surface area (Å²) in [5, 5.41) is 0. The maximum atomic E-state index is 11.8. The molecule has 0 N–H and O–H groups in total. The summed E-state index contributed by atoms with van der Waals surface area (Å²) in [4.78, 5) is 20.1. The topological polar surface area (TPSA) is 56.5 Å². The Balaban J connectivity index is 2.63. The van der Waals surface area contributed by atoms with Gasteiger partial charge >= 0.3 is 5.97 Å². The van der Waals surface area contributed by atoms with Crippen LogP contribution in [0.2, 0.25) is 0 Å². The van der Waals surface area contributed by atoms with Crippen molar-refractivity contribution in [1.82, 2.24) is 14.4 Å². The average molecular weight is 219 g/mol. The van der Waals surface area contributed by atoms with Crippen LogP contribution in [0.4, 0.5) is 0 Å². The van der Waals surface area contributed by atoms with E-state index in [1.165, 1.54) is 0 Å². The third kappa shape index (κ3) is 1.54. The van der Waals surface area contributed by atoms with Gasteiger partial charge in [0.15, 0.2) is 5.65 Å². The van der Waals surface area contributed by atoms with Crippen molar-refractivity contribution in [2.45, 2.75) is 20.8 Å². The number of imidazole rings is 1. The van der Waals surface area contributed by atoms with Crippen molar-refractivity contribution in [1.29, 1.82) is 0 Å². The lowest BCUT2D eigenvalue weighted by atomic mass is 10.2. The lowest BCUT2D eigenvalue weighted by Crippen LogP contribution is -2.13. The predicted octanol–water partition coefficient (Wildman–Crippen LogP) is 1.52. The standard InChI is InChI=1S/C11H13N3O2/c1-4-16-11(15)10-7(2)13-9-5-12-6-14(9)8(10)3/h5-6H,4H2,1-3H3. The molecule has 0 aliphatic rings. The van der Waals surface area contributed by atoms with E-state index in [-0.39, 0.29) is 5.97 Å². The smallest absolute Gasteiger partial charge is 0.341 e. The van der Waals surface area contributed by atoms with Crippen molar-refractivity contribution in [2.75, 3.05) is 6.61 Å². The minimum absolute atomic E-state index is 0.333. The predicted molar refractivity (Wildman–Crippen MR) is 58.4 cm³/mol. The number of fused-ring (bicyclic) bond motifs is 1. The van der Waals surface area contributed by atoms with Crippen molar-refractivity contribution in [3.8, 4) is 0 Å². The normalized spacial score (nSPS) is 10.7. The molecule has 0 saturated heterocycles. The van der Waals surface area contributed by atoms with Crippen LogP contribution in [0.15, 0.2) is 12.5 Å². The quantitative estimate of drug-likeness (QED) is 0.718. The molecule has 5 nitrogen and oxygen atoms in total. The zero-order valence-electron chi connectivity index (χ0n) is 9.52. The van der Waals surface area contributed by atoms with E-state index < -0.39 is 0 Å². The fourth-order valence-corrected chi connectivity index (χ4v) is 1.74. The van der Waals surface area contributed by atoms with Gasteiger partial charge in [0.05, 0.1) is 18.5 Å². The Labute approximate surface area is 93.1 Å². The summed E-state index contributed by atoms with van der Waals surface area (Å²) < 4.78 is 6.78. The third-order valence-corrected chi connectivity index (χ3v) is 2.47. The van der Waals surface area contributed by atoms with Crippen LogP contribution < -0.4 is 0 Å². The molecule has 0 bridgehead atoms. The van der Waals surface area contributed by atoms with Gasteiger partial charge in [0.1, 0.15) is 11.9 Å². The lowest BCUT2D eigenvalue weighted by Gasteiger charge is -2.09. The van der Waals surface area contributed by atoms with Crippen molar-refractivity contribution in [2.24, 2.45) is 0 Å². The highest BCUT2D eigenvalue weighted by Gasteiger charge is 2.17. The first-order chi connectivity index (χ1) is 7.65. The summed E-state index contributed by atoms with van der Waals surface area (Å²) in [6.45, 7) is 5.80. The number of hydrogen-bond acceptors (Lipinski definition) is 4. The Morgan fingerprint density at radius 2 is 2.25 bits per heavy atom. The molecular formula is C11H13N3O2. The summed E-state index contributed by atoms with van der Waals surface area (Å²) in [7, 11) is 0. The van der Waals surface area contributed by atoms with Crippen LogP contribution >= 0.6 is 0 Å². The van der Waals surface area contributed by atoms with Crippen LogP contribution in [-0.4, -0.2) is 26.9 Å².